The number of benzene rings is 1. The standard InChI is InChI=1S/C15H20N2O2/c1-15(2,3)11-6-4-5-7-12(11)17-14(19)13(18)16-10-8-9-10/h4-7,10H,8-9H2,1-3H3,(H,16,18)(H,17,19). The number of anilines is 1. The molecule has 2 rings (SSSR count). The summed E-state index contributed by atoms with van der Waals surface area (Å²) < 4.78 is 0. The van der Waals surface area contributed by atoms with Crippen molar-refractivity contribution in [2.24, 2.45) is 0 Å². The van der Waals surface area contributed by atoms with Gasteiger partial charge in [0.05, 0.1) is 0 Å². The van der Waals surface area contributed by atoms with E-state index in [0.717, 1.165) is 18.4 Å². The first-order valence-corrected chi connectivity index (χ1v) is 6.59. The molecule has 0 saturated heterocycles. The third-order valence-corrected chi connectivity index (χ3v) is 3.10. The van der Waals surface area contributed by atoms with E-state index in [4.69, 9.17) is 0 Å². The normalized spacial score (nSPS) is 14.9. The maximum absolute atomic E-state index is 11.8. The predicted molar refractivity (Wildman–Crippen MR) is 74.9 cm³/mol. The molecule has 1 aliphatic carbocycles. The number of carbonyl (C=O) groups is 2. The minimum atomic E-state index is -0.594. The lowest BCUT2D eigenvalue weighted by Gasteiger charge is -2.22. The van der Waals surface area contributed by atoms with Gasteiger partial charge in [0.15, 0.2) is 0 Å². The van der Waals surface area contributed by atoms with Gasteiger partial charge >= 0.3 is 11.8 Å². The molecular weight excluding hydrogens is 240 g/mol. The van der Waals surface area contributed by atoms with E-state index >= 15 is 0 Å². The molecule has 0 radical (unpaired) electrons. The molecule has 0 aromatic heterocycles. The van der Waals surface area contributed by atoms with Gasteiger partial charge in [0.2, 0.25) is 0 Å². The van der Waals surface area contributed by atoms with Crippen LogP contribution in [0.25, 0.3) is 0 Å². The number of carbonyl (C=O) groups excluding carboxylic acids is 2. The number of amides is 2. The second-order valence-electron chi connectivity index (χ2n) is 6.00. The Hall–Kier alpha value is -1.84. The van der Waals surface area contributed by atoms with Gasteiger partial charge in [0.25, 0.3) is 0 Å². The van der Waals surface area contributed by atoms with E-state index in [1.54, 1.807) is 0 Å². The van der Waals surface area contributed by atoms with Crippen LogP contribution in [0, 0.1) is 0 Å². The van der Waals surface area contributed by atoms with E-state index in [2.05, 4.69) is 31.4 Å². The number of hydrogen-bond acceptors (Lipinski definition) is 2. The zero-order valence-electron chi connectivity index (χ0n) is 11.6. The van der Waals surface area contributed by atoms with E-state index in [1.807, 2.05) is 24.3 Å². The number of nitrogens with one attached hydrogen (secondary N) is 2. The molecule has 0 unspecified atom stereocenters. The summed E-state index contributed by atoms with van der Waals surface area (Å²) in [7, 11) is 0. The molecule has 19 heavy (non-hydrogen) atoms. The van der Waals surface area contributed by atoms with Crippen LogP contribution in [0.2, 0.25) is 0 Å². The quantitative estimate of drug-likeness (QED) is 0.801. The minimum Gasteiger partial charge on any atom is -0.345 e. The van der Waals surface area contributed by atoms with Gasteiger partial charge in [-0.25, -0.2) is 0 Å². The molecule has 1 aromatic rings. The van der Waals surface area contributed by atoms with Gasteiger partial charge in [-0.15, -0.1) is 0 Å². The molecule has 1 aliphatic rings. The summed E-state index contributed by atoms with van der Waals surface area (Å²) >= 11 is 0. The maximum atomic E-state index is 11.8. The van der Waals surface area contributed by atoms with Crippen LogP contribution in [0.5, 0.6) is 0 Å². The Balaban J connectivity index is 2.09. The minimum absolute atomic E-state index is 0.0865. The molecule has 0 bridgehead atoms. The second-order valence-corrected chi connectivity index (χ2v) is 6.00. The maximum Gasteiger partial charge on any atom is 0.313 e. The van der Waals surface area contributed by atoms with Gasteiger partial charge in [-0.05, 0) is 29.9 Å². The van der Waals surface area contributed by atoms with Crippen molar-refractivity contribution in [3.05, 3.63) is 29.8 Å². The highest BCUT2D eigenvalue weighted by Crippen LogP contribution is 2.29. The Kier molecular flexibility index (Phi) is 3.60. The zero-order valence-corrected chi connectivity index (χ0v) is 11.6. The van der Waals surface area contributed by atoms with Crippen molar-refractivity contribution in [1.82, 2.24) is 5.32 Å². The molecule has 2 N–H and O–H groups in total. The first kappa shape index (κ1) is 13.6. The lowest BCUT2D eigenvalue weighted by molar-refractivity contribution is -0.136. The molecule has 102 valence electrons. The molecule has 1 saturated carbocycles. The first-order valence-electron chi connectivity index (χ1n) is 6.59. The van der Waals surface area contributed by atoms with Crippen molar-refractivity contribution in [3.8, 4) is 0 Å². The van der Waals surface area contributed by atoms with Crippen LogP contribution < -0.4 is 10.6 Å². The highest BCUT2D eigenvalue weighted by molar-refractivity contribution is 6.39. The predicted octanol–water partition coefficient (Wildman–Crippen LogP) is 2.20. The van der Waals surface area contributed by atoms with Crippen LogP contribution in [0.1, 0.15) is 39.2 Å². The van der Waals surface area contributed by atoms with Gasteiger partial charge in [-0.1, -0.05) is 39.0 Å². The van der Waals surface area contributed by atoms with E-state index in [9.17, 15) is 9.59 Å². The molecule has 0 spiro atoms. The molecule has 4 heteroatoms. The molecule has 0 atom stereocenters. The Labute approximate surface area is 113 Å². The summed E-state index contributed by atoms with van der Waals surface area (Å²) in [5.41, 5.74) is 1.63. The Morgan fingerprint density at radius 2 is 1.74 bits per heavy atom. The smallest absolute Gasteiger partial charge is 0.313 e. The molecule has 1 aromatic carbocycles. The second kappa shape index (κ2) is 5.03. The van der Waals surface area contributed by atoms with Crippen LogP contribution in [0.3, 0.4) is 0 Å². The van der Waals surface area contributed by atoms with Crippen molar-refractivity contribution < 1.29 is 9.59 Å². The monoisotopic (exact) mass is 260 g/mol. The topological polar surface area (TPSA) is 58.2 Å². The fourth-order valence-electron chi connectivity index (χ4n) is 1.90. The lowest BCUT2D eigenvalue weighted by Crippen LogP contribution is -2.37. The molecule has 1 fully saturated rings. The molecular formula is C15H20N2O2. The van der Waals surface area contributed by atoms with Gasteiger partial charge in [0, 0.05) is 11.7 Å². The summed E-state index contributed by atoms with van der Waals surface area (Å²) in [6, 6.07) is 7.76. The Morgan fingerprint density at radius 3 is 2.32 bits per heavy atom. The van der Waals surface area contributed by atoms with Crippen LogP contribution in [-0.2, 0) is 15.0 Å². The third kappa shape index (κ3) is 3.56. The SMILES string of the molecule is CC(C)(C)c1ccccc1NC(=O)C(=O)NC1CC1. The van der Waals surface area contributed by atoms with E-state index < -0.39 is 11.8 Å². The summed E-state index contributed by atoms with van der Waals surface area (Å²) in [6.07, 6.45) is 1.94. The van der Waals surface area contributed by atoms with Crippen molar-refractivity contribution in [2.45, 2.75) is 45.1 Å². The summed E-state index contributed by atoms with van der Waals surface area (Å²) in [5.74, 6) is -1.14. The van der Waals surface area contributed by atoms with Gasteiger partial charge in [-0.3, -0.25) is 9.59 Å². The van der Waals surface area contributed by atoms with Crippen LogP contribution in [-0.4, -0.2) is 17.9 Å². The molecule has 0 heterocycles. The Bertz CT molecular complexity index is 499. The molecule has 2 amide bonds. The van der Waals surface area contributed by atoms with Crippen molar-refractivity contribution in [3.63, 3.8) is 0 Å². The van der Waals surface area contributed by atoms with E-state index in [1.165, 1.54) is 0 Å². The molecule has 4 nitrogen and oxygen atoms in total. The lowest BCUT2D eigenvalue weighted by atomic mass is 9.86. The van der Waals surface area contributed by atoms with Crippen molar-refractivity contribution in [1.29, 1.82) is 0 Å². The van der Waals surface area contributed by atoms with E-state index in [-0.39, 0.29) is 11.5 Å². The van der Waals surface area contributed by atoms with Gasteiger partial charge in [-0.2, -0.15) is 0 Å². The van der Waals surface area contributed by atoms with Crippen molar-refractivity contribution in [2.75, 3.05) is 5.32 Å². The van der Waals surface area contributed by atoms with Crippen molar-refractivity contribution >= 4 is 17.5 Å². The zero-order chi connectivity index (χ0) is 14.0. The summed E-state index contributed by atoms with van der Waals surface area (Å²) in [4.78, 5) is 23.5. The fraction of sp³-hybridized carbons (Fsp3) is 0.467. The van der Waals surface area contributed by atoms with Gasteiger partial charge < -0.3 is 10.6 Å². The summed E-state index contributed by atoms with van der Waals surface area (Å²) in [6.45, 7) is 6.22. The number of para-hydroxylation sites is 1. The average Bonchev–Trinajstić information content (AvgIpc) is 3.12. The third-order valence-electron chi connectivity index (χ3n) is 3.10. The first-order chi connectivity index (χ1) is 8.88. The van der Waals surface area contributed by atoms with E-state index in [0.29, 0.717) is 5.69 Å². The average molecular weight is 260 g/mol. The van der Waals surface area contributed by atoms with Crippen LogP contribution in [0.4, 0.5) is 5.69 Å². The number of rotatable bonds is 2. The van der Waals surface area contributed by atoms with Crippen LogP contribution in [0.15, 0.2) is 24.3 Å². The van der Waals surface area contributed by atoms with Gasteiger partial charge in [0.1, 0.15) is 0 Å². The molecule has 0 aliphatic heterocycles. The highest BCUT2D eigenvalue weighted by Gasteiger charge is 2.27. The highest BCUT2D eigenvalue weighted by atomic mass is 16.2. The summed E-state index contributed by atoms with van der Waals surface area (Å²) in [5, 5.41) is 5.38. The van der Waals surface area contributed by atoms with Crippen LogP contribution >= 0.6 is 0 Å². The Morgan fingerprint density at radius 1 is 1.11 bits per heavy atom. The largest absolute Gasteiger partial charge is 0.345 e. The number of hydrogen-bond donors (Lipinski definition) is 2. The fourth-order valence-corrected chi connectivity index (χ4v) is 1.90.